The molecule has 0 N–H and O–H groups in total. The predicted octanol–water partition coefficient (Wildman–Crippen LogP) is 0.179. The van der Waals surface area contributed by atoms with Crippen LogP contribution in [-0.4, -0.2) is 16.9 Å². The zero-order valence-electron chi connectivity index (χ0n) is 5.91. The van der Waals surface area contributed by atoms with Crippen LogP contribution < -0.4 is 5.76 Å². The fraction of sp³-hybridized carbons (Fsp3) is 0.600. The summed E-state index contributed by atoms with van der Waals surface area (Å²) in [6.07, 6.45) is 0. The number of halogens is 1. The average Bonchev–Trinajstić information content (AvgIpc) is 2.32. The first-order valence-corrected chi connectivity index (χ1v) is 3.43. The fourth-order valence-electron chi connectivity index (χ4n) is 0.607. The second-order valence-electron chi connectivity index (χ2n) is 1.81. The van der Waals surface area contributed by atoms with E-state index in [2.05, 4.69) is 14.3 Å². The third kappa shape index (κ3) is 1.81. The van der Waals surface area contributed by atoms with E-state index in [4.69, 9.17) is 11.6 Å². The maximum Gasteiger partial charge on any atom is 0.438 e. The molecule has 0 bridgehead atoms. The summed E-state index contributed by atoms with van der Waals surface area (Å²) in [5.41, 5.74) is 0. The highest BCUT2D eigenvalue weighted by Crippen LogP contribution is 1.92. The summed E-state index contributed by atoms with van der Waals surface area (Å²) in [7, 11) is 1.49. The van der Waals surface area contributed by atoms with Gasteiger partial charge in [0.25, 0.3) is 0 Å². The number of aromatic nitrogens is 2. The van der Waals surface area contributed by atoms with Crippen LogP contribution in [0.2, 0.25) is 0 Å². The minimum absolute atomic E-state index is 0.00789. The predicted molar refractivity (Wildman–Crippen MR) is 37.3 cm³/mol. The van der Waals surface area contributed by atoms with Crippen molar-refractivity contribution >= 4 is 11.6 Å². The first-order valence-electron chi connectivity index (χ1n) is 2.89. The van der Waals surface area contributed by atoms with Crippen molar-refractivity contribution in [3.05, 3.63) is 16.4 Å². The lowest BCUT2D eigenvalue weighted by Crippen LogP contribution is -2.12. The molecule has 0 fully saturated rings. The summed E-state index contributed by atoms with van der Waals surface area (Å²) < 4.78 is 10.3. The number of ether oxygens (including phenoxy) is 1. The molecular formula is C5H7ClN2O3. The second kappa shape index (κ2) is 3.54. The molecule has 6 heteroatoms. The van der Waals surface area contributed by atoms with E-state index in [-0.39, 0.29) is 18.5 Å². The monoisotopic (exact) mass is 178 g/mol. The third-order valence-corrected chi connectivity index (χ3v) is 1.26. The standard InChI is InChI=1S/C5H7ClN2O3/c1-10-2-4-7-8(3-6)5(9)11-4/h2-3H2,1H3. The van der Waals surface area contributed by atoms with Crippen molar-refractivity contribution in [1.29, 1.82) is 0 Å². The van der Waals surface area contributed by atoms with E-state index in [0.717, 1.165) is 4.68 Å². The highest BCUT2D eigenvalue weighted by molar-refractivity contribution is 6.15. The molecule has 0 aliphatic carbocycles. The third-order valence-electron chi connectivity index (χ3n) is 1.03. The van der Waals surface area contributed by atoms with E-state index in [1.807, 2.05) is 0 Å². The molecule has 0 aliphatic heterocycles. The first kappa shape index (κ1) is 8.29. The molecular weight excluding hydrogens is 172 g/mol. The summed E-state index contributed by atoms with van der Waals surface area (Å²) in [5, 5.41) is 3.70. The van der Waals surface area contributed by atoms with Crippen molar-refractivity contribution < 1.29 is 9.15 Å². The van der Waals surface area contributed by atoms with E-state index in [1.54, 1.807) is 0 Å². The van der Waals surface area contributed by atoms with Gasteiger partial charge in [0, 0.05) is 7.11 Å². The van der Waals surface area contributed by atoms with E-state index in [1.165, 1.54) is 7.11 Å². The molecule has 0 saturated carbocycles. The Morgan fingerprint density at radius 2 is 2.55 bits per heavy atom. The Balaban J connectivity index is 2.86. The Bertz CT molecular complexity index is 280. The topological polar surface area (TPSA) is 57.3 Å². The van der Waals surface area contributed by atoms with Gasteiger partial charge in [0.1, 0.15) is 12.6 Å². The highest BCUT2D eigenvalue weighted by Gasteiger charge is 2.04. The SMILES string of the molecule is COCc1nn(CCl)c(=O)o1. The summed E-state index contributed by atoms with van der Waals surface area (Å²) in [6.45, 7) is 0.180. The molecule has 0 amide bonds. The molecule has 0 saturated heterocycles. The van der Waals surface area contributed by atoms with Gasteiger partial charge in [-0.1, -0.05) is 0 Å². The van der Waals surface area contributed by atoms with E-state index in [0.29, 0.717) is 0 Å². The number of alkyl halides is 1. The van der Waals surface area contributed by atoms with Crippen molar-refractivity contribution in [2.75, 3.05) is 7.11 Å². The highest BCUT2D eigenvalue weighted by atomic mass is 35.5. The molecule has 1 aromatic heterocycles. The van der Waals surface area contributed by atoms with Gasteiger partial charge in [-0.25, -0.2) is 4.79 Å². The molecule has 5 nitrogen and oxygen atoms in total. The quantitative estimate of drug-likeness (QED) is 0.620. The molecule has 0 radical (unpaired) electrons. The van der Waals surface area contributed by atoms with Crippen LogP contribution in [0.1, 0.15) is 5.89 Å². The van der Waals surface area contributed by atoms with Gasteiger partial charge < -0.3 is 9.15 Å². The summed E-state index contributed by atoms with van der Waals surface area (Å²) in [6, 6.07) is -0.00789. The summed E-state index contributed by atoms with van der Waals surface area (Å²) in [4.78, 5) is 10.7. The summed E-state index contributed by atoms with van der Waals surface area (Å²) >= 11 is 5.35. The Morgan fingerprint density at radius 3 is 3.00 bits per heavy atom. The lowest BCUT2D eigenvalue weighted by atomic mass is 10.7. The maximum atomic E-state index is 10.7. The molecule has 0 atom stereocenters. The van der Waals surface area contributed by atoms with Crippen LogP contribution in [0.15, 0.2) is 9.21 Å². The number of methoxy groups -OCH3 is 1. The minimum atomic E-state index is -0.563. The summed E-state index contributed by atoms with van der Waals surface area (Å²) in [5.74, 6) is -0.329. The van der Waals surface area contributed by atoms with Crippen LogP contribution >= 0.6 is 11.6 Å². The van der Waals surface area contributed by atoms with E-state index in [9.17, 15) is 4.79 Å². The molecule has 0 aromatic carbocycles. The fourth-order valence-corrected chi connectivity index (χ4v) is 0.758. The van der Waals surface area contributed by atoms with Crippen LogP contribution in [0.25, 0.3) is 0 Å². The van der Waals surface area contributed by atoms with Crippen LogP contribution in [-0.2, 0) is 17.3 Å². The Labute approximate surface area is 67.5 Å². The molecule has 0 aliphatic rings. The van der Waals surface area contributed by atoms with Gasteiger partial charge in [0.2, 0.25) is 5.89 Å². The molecule has 1 aromatic rings. The largest absolute Gasteiger partial charge is 0.438 e. The Hall–Kier alpha value is -0.810. The maximum absolute atomic E-state index is 10.7. The van der Waals surface area contributed by atoms with Gasteiger partial charge in [-0.05, 0) is 0 Å². The molecule has 1 rings (SSSR count). The van der Waals surface area contributed by atoms with Crippen molar-refractivity contribution in [1.82, 2.24) is 9.78 Å². The number of hydrogen-bond donors (Lipinski definition) is 0. The van der Waals surface area contributed by atoms with Gasteiger partial charge in [0.05, 0.1) is 0 Å². The van der Waals surface area contributed by atoms with E-state index >= 15 is 0 Å². The normalized spacial score (nSPS) is 10.4. The number of nitrogens with zero attached hydrogens (tertiary/aromatic N) is 2. The van der Waals surface area contributed by atoms with Crippen LogP contribution in [0.4, 0.5) is 0 Å². The Morgan fingerprint density at radius 1 is 1.82 bits per heavy atom. The van der Waals surface area contributed by atoms with Gasteiger partial charge >= 0.3 is 5.76 Å². The zero-order chi connectivity index (χ0) is 8.27. The Kier molecular flexibility index (Phi) is 2.67. The molecule has 0 unspecified atom stereocenters. The van der Waals surface area contributed by atoms with Crippen LogP contribution in [0.3, 0.4) is 0 Å². The second-order valence-corrected chi connectivity index (χ2v) is 2.05. The smallest absolute Gasteiger partial charge is 0.390 e. The van der Waals surface area contributed by atoms with Gasteiger partial charge in [-0.15, -0.1) is 16.7 Å². The van der Waals surface area contributed by atoms with Crippen molar-refractivity contribution in [3.63, 3.8) is 0 Å². The van der Waals surface area contributed by atoms with Crippen LogP contribution in [0, 0.1) is 0 Å². The lowest BCUT2D eigenvalue weighted by molar-refractivity contribution is 0.158. The van der Waals surface area contributed by atoms with E-state index < -0.39 is 5.76 Å². The number of rotatable bonds is 3. The van der Waals surface area contributed by atoms with Gasteiger partial charge in [0.15, 0.2) is 0 Å². The van der Waals surface area contributed by atoms with Gasteiger partial charge in [-0.3, -0.25) is 0 Å². The molecule has 0 spiro atoms. The average molecular weight is 179 g/mol. The van der Waals surface area contributed by atoms with Gasteiger partial charge in [-0.2, -0.15) is 4.68 Å². The molecule has 1 heterocycles. The zero-order valence-corrected chi connectivity index (χ0v) is 6.67. The molecule has 11 heavy (non-hydrogen) atoms. The van der Waals surface area contributed by atoms with Crippen molar-refractivity contribution in [2.24, 2.45) is 0 Å². The number of hydrogen-bond acceptors (Lipinski definition) is 4. The minimum Gasteiger partial charge on any atom is -0.390 e. The van der Waals surface area contributed by atoms with Crippen LogP contribution in [0.5, 0.6) is 0 Å². The van der Waals surface area contributed by atoms with Crippen molar-refractivity contribution in [2.45, 2.75) is 12.6 Å². The molecule has 62 valence electrons. The van der Waals surface area contributed by atoms with Crippen molar-refractivity contribution in [3.8, 4) is 0 Å². The lowest BCUT2D eigenvalue weighted by Gasteiger charge is -1.87. The first-order chi connectivity index (χ1) is 5.27.